The first-order chi connectivity index (χ1) is 7.60. The van der Waals surface area contributed by atoms with Gasteiger partial charge in [-0.2, -0.15) is 0 Å². The van der Waals surface area contributed by atoms with E-state index in [0.29, 0.717) is 6.42 Å². The van der Waals surface area contributed by atoms with Gasteiger partial charge in [0.05, 0.1) is 13.0 Å². The van der Waals surface area contributed by atoms with Gasteiger partial charge in [-0.3, -0.25) is 4.79 Å². The minimum atomic E-state index is -0.759. The van der Waals surface area contributed by atoms with Gasteiger partial charge in [-0.15, -0.1) is 0 Å². The second kappa shape index (κ2) is 5.54. The molecule has 0 aromatic heterocycles. The van der Waals surface area contributed by atoms with Crippen LogP contribution in [0.4, 0.5) is 0 Å². The summed E-state index contributed by atoms with van der Waals surface area (Å²) >= 11 is 0. The number of aliphatic carboxylic acids is 1. The number of hydrogen-bond donors (Lipinski definition) is 1. The topological polar surface area (TPSA) is 46.5 Å². The maximum absolute atomic E-state index is 10.8. The van der Waals surface area contributed by atoms with E-state index in [9.17, 15) is 4.79 Å². The highest BCUT2D eigenvalue weighted by atomic mass is 16.5. The molecule has 1 rings (SSSR count). The van der Waals surface area contributed by atoms with Crippen molar-refractivity contribution >= 4 is 5.97 Å². The van der Waals surface area contributed by atoms with E-state index < -0.39 is 5.97 Å². The largest absolute Gasteiger partial charge is 0.496 e. The lowest BCUT2D eigenvalue weighted by atomic mass is 9.95. The molecular formula is C13H18O3. The third kappa shape index (κ3) is 2.75. The van der Waals surface area contributed by atoms with Gasteiger partial charge < -0.3 is 9.84 Å². The van der Waals surface area contributed by atoms with Crippen molar-refractivity contribution in [2.75, 3.05) is 7.11 Å². The summed E-state index contributed by atoms with van der Waals surface area (Å²) in [5.41, 5.74) is 2.18. The summed E-state index contributed by atoms with van der Waals surface area (Å²) in [5, 5.41) is 8.90. The van der Waals surface area contributed by atoms with Crippen LogP contribution < -0.4 is 4.74 Å². The van der Waals surface area contributed by atoms with Gasteiger partial charge in [-0.25, -0.2) is 0 Å². The minimum Gasteiger partial charge on any atom is -0.496 e. The molecule has 3 heteroatoms. The van der Waals surface area contributed by atoms with Gasteiger partial charge in [0, 0.05) is 0 Å². The molecule has 1 atom stereocenters. The molecule has 88 valence electrons. The maximum Gasteiger partial charge on any atom is 0.306 e. The number of hydrogen-bond acceptors (Lipinski definition) is 2. The zero-order chi connectivity index (χ0) is 12.1. The van der Waals surface area contributed by atoms with E-state index in [1.165, 1.54) is 0 Å². The summed E-state index contributed by atoms with van der Waals surface area (Å²) in [6, 6.07) is 5.79. The average Bonchev–Trinajstić information content (AvgIpc) is 2.28. The fraction of sp³-hybridized carbons (Fsp3) is 0.462. The van der Waals surface area contributed by atoms with Gasteiger partial charge in [0.1, 0.15) is 5.75 Å². The van der Waals surface area contributed by atoms with E-state index in [1.807, 2.05) is 25.1 Å². The Kier molecular flexibility index (Phi) is 4.35. The van der Waals surface area contributed by atoms with Gasteiger partial charge in [-0.05, 0) is 30.0 Å². The molecule has 16 heavy (non-hydrogen) atoms. The van der Waals surface area contributed by atoms with Gasteiger partial charge in [-0.1, -0.05) is 26.0 Å². The van der Waals surface area contributed by atoms with Crippen LogP contribution in [0.15, 0.2) is 18.2 Å². The molecular weight excluding hydrogens is 204 g/mol. The molecule has 0 heterocycles. The minimum absolute atomic E-state index is 0.364. The summed E-state index contributed by atoms with van der Waals surface area (Å²) in [6.45, 7) is 3.77. The Morgan fingerprint density at radius 1 is 1.50 bits per heavy atom. The second-order valence-electron chi connectivity index (χ2n) is 3.89. The molecule has 0 bridgehead atoms. The molecule has 1 aromatic rings. The third-order valence-corrected chi connectivity index (χ3v) is 2.75. The highest BCUT2D eigenvalue weighted by Crippen LogP contribution is 2.24. The van der Waals surface area contributed by atoms with Crippen molar-refractivity contribution in [3.05, 3.63) is 29.3 Å². The fourth-order valence-electron chi connectivity index (χ4n) is 1.81. The standard InChI is InChI=1S/C13H18O3/c1-4-11-10(8-9(2)13(14)15)6-5-7-12(11)16-3/h5-7,9H,4,8H2,1-3H3,(H,14,15). The fourth-order valence-corrected chi connectivity index (χ4v) is 1.81. The number of rotatable bonds is 5. The van der Waals surface area contributed by atoms with Crippen molar-refractivity contribution in [3.63, 3.8) is 0 Å². The second-order valence-corrected chi connectivity index (χ2v) is 3.89. The molecule has 0 aliphatic rings. The molecule has 0 radical (unpaired) electrons. The van der Waals surface area contributed by atoms with Crippen LogP contribution in [0.1, 0.15) is 25.0 Å². The van der Waals surface area contributed by atoms with E-state index in [2.05, 4.69) is 0 Å². The highest BCUT2D eigenvalue weighted by Gasteiger charge is 2.15. The highest BCUT2D eigenvalue weighted by molar-refractivity contribution is 5.70. The number of methoxy groups -OCH3 is 1. The number of carbonyl (C=O) groups is 1. The van der Waals surface area contributed by atoms with E-state index in [0.717, 1.165) is 23.3 Å². The van der Waals surface area contributed by atoms with Gasteiger partial charge in [0.15, 0.2) is 0 Å². The predicted octanol–water partition coefficient (Wildman–Crippen LogP) is 2.52. The molecule has 3 nitrogen and oxygen atoms in total. The number of carboxylic acid groups (broad SMARTS) is 1. The van der Waals surface area contributed by atoms with E-state index in [-0.39, 0.29) is 5.92 Å². The lowest BCUT2D eigenvalue weighted by Crippen LogP contribution is -2.13. The normalized spacial score (nSPS) is 12.2. The van der Waals surface area contributed by atoms with Crippen molar-refractivity contribution in [2.45, 2.75) is 26.7 Å². The molecule has 1 unspecified atom stereocenters. The number of benzene rings is 1. The molecule has 0 saturated heterocycles. The van der Waals surface area contributed by atoms with E-state index >= 15 is 0 Å². The molecule has 1 aromatic carbocycles. The van der Waals surface area contributed by atoms with Crippen LogP contribution in [0, 0.1) is 5.92 Å². The van der Waals surface area contributed by atoms with Crippen LogP contribution >= 0.6 is 0 Å². The zero-order valence-electron chi connectivity index (χ0n) is 9.99. The Morgan fingerprint density at radius 2 is 2.19 bits per heavy atom. The molecule has 0 saturated carbocycles. The summed E-state index contributed by atoms with van der Waals surface area (Å²) < 4.78 is 5.27. The van der Waals surface area contributed by atoms with Crippen LogP contribution in [0.5, 0.6) is 5.75 Å². The smallest absolute Gasteiger partial charge is 0.306 e. The predicted molar refractivity (Wildman–Crippen MR) is 62.9 cm³/mol. The van der Waals surface area contributed by atoms with Crippen LogP contribution in [0.2, 0.25) is 0 Å². The first kappa shape index (κ1) is 12.6. The van der Waals surface area contributed by atoms with Crippen LogP contribution in [-0.4, -0.2) is 18.2 Å². The van der Waals surface area contributed by atoms with Crippen molar-refractivity contribution in [1.82, 2.24) is 0 Å². The number of carboxylic acids is 1. The first-order valence-electron chi connectivity index (χ1n) is 5.47. The van der Waals surface area contributed by atoms with Crippen LogP contribution in [0.25, 0.3) is 0 Å². The summed E-state index contributed by atoms with van der Waals surface area (Å²) in [7, 11) is 1.64. The van der Waals surface area contributed by atoms with Crippen molar-refractivity contribution in [2.24, 2.45) is 5.92 Å². The number of ether oxygens (including phenoxy) is 1. The quantitative estimate of drug-likeness (QED) is 0.832. The lowest BCUT2D eigenvalue weighted by Gasteiger charge is -2.14. The summed E-state index contributed by atoms with van der Waals surface area (Å²) in [6.07, 6.45) is 1.40. The molecule has 0 spiro atoms. The van der Waals surface area contributed by atoms with E-state index in [1.54, 1.807) is 14.0 Å². The van der Waals surface area contributed by atoms with Crippen molar-refractivity contribution < 1.29 is 14.6 Å². The summed E-state index contributed by atoms with van der Waals surface area (Å²) in [5.74, 6) is -0.278. The van der Waals surface area contributed by atoms with Gasteiger partial charge in [0.2, 0.25) is 0 Å². The van der Waals surface area contributed by atoms with Crippen molar-refractivity contribution in [1.29, 1.82) is 0 Å². The molecule has 0 amide bonds. The van der Waals surface area contributed by atoms with Gasteiger partial charge >= 0.3 is 5.97 Å². The zero-order valence-corrected chi connectivity index (χ0v) is 9.99. The Hall–Kier alpha value is -1.51. The Morgan fingerprint density at radius 3 is 2.69 bits per heavy atom. The molecule has 0 aliphatic heterocycles. The van der Waals surface area contributed by atoms with Gasteiger partial charge in [0.25, 0.3) is 0 Å². The lowest BCUT2D eigenvalue weighted by molar-refractivity contribution is -0.141. The van der Waals surface area contributed by atoms with Crippen LogP contribution in [-0.2, 0) is 17.6 Å². The maximum atomic E-state index is 10.8. The van der Waals surface area contributed by atoms with Crippen LogP contribution in [0.3, 0.4) is 0 Å². The molecule has 0 fully saturated rings. The SMILES string of the molecule is CCc1c(CC(C)C(=O)O)cccc1OC. The molecule has 0 aliphatic carbocycles. The first-order valence-corrected chi connectivity index (χ1v) is 5.47. The third-order valence-electron chi connectivity index (χ3n) is 2.75. The average molecular weight is 222 g/mol. The monoisotopic (exact) mass is 222 g/mol. The van der Waals surface area contributed by atoms with Crippen molar-refractivity contribution in [3.8, 4) is 5.75 Å². The summed E-state index contributed by atoms with van der Waals surface area (Å²) in [4.78, 5) is 10.8. The molecule has 1 N–H and O–H groups in total. The van der Waals surface area contributed by atoms with E-state index in [4.69, 9.17) is 9.84 Å². The Balaban J connectivity index is 2.99. The Labute approximate surface area is 96.1 Å². The Bertz CT molecular complexity index is 371.